The van der Waals surface area contributed by atoms with Crippen molar-refractivity contribution in [3.05, 3.63) is 12.7 Å². The van der Waals surface area contributed by atoms with E-state index in [1.165, 1.54) is 0 Å². The Balaban J connectivity index is 2.63. The molecule has 4 heteroatoms. The third-order valence-corrected chi connectivity index (χ3v) is 3.26. The highest BCUT2D eigenvalue weighted by Crippen LogP contribution is 2.21. The Labute approximate surface area is 103 Å². The van der Waals surface area contributed by atoms with E-state index in [-0.39, 0.29) is 18.1 Å². The van der Waals surface area contributed by atoms with Crippen LogP contribution >= 0.6 is 0 Å². The first kappa shape index (κ1) is 14.2. The summed E-state index contributed by atoms with van der Waals surface area (Å²) in [4.78, 5) is 14.0. The molecule has 1 aliphatic rings. The summed E-state index contributed by atoms with van der Waals surface area (Å²) in [5.74, 6) is -0.00440. The van der Waals surface area contributed by atoms with Gasteiger partial charge in [-0.15, -0.1) is 6.58 Å². The first-order valence-corrected chi connectivity index (χ1v) is 6.41. The standard InChI is InChI=1S/C13H24N2O2/c1-3-6-12(14)13(17)15-8-5-4-7-11(15)9-10(2)16/h3,10-12,16H,1,4-9,14H2,2H3. The number of aliphatic hydroxyl groups excluding tert-OH is 1. The molecule has 4 nitrogen and oxygen atoms in total. The molecule has 0 radical (unpaired) electrons. The van der Waals surface area contributed by atoms with Crippen LogP contribution in [0.25, 0.3) is 0 Å². The zero-order valence-corrected chi connectivity index (χ0v) is 10.6. The van der Waals surface area contributed by atoms with E-state index in [2.05, 4.69) is 6.58 Å². The van der Waals surface area contributed by atoms with Gasteiger partial charge in [-0.1, -0.05) is 6.08 Å². The fraction of sp³-hybridized carbons (Fsp3) is 0.769. The Morgan fingerprint density at radius 2 is 2.35 bits per heavy atom. The number of piperidine rings is 1. The number of hydrogen-bond donors (Lipinski definition) is 2. The Morgan fingerprint density at radius 1 is 1.65 bits per heavy atom. The first-order valence-electron chi connectivity index (χ1n) is 6.41. The number of aliphatic hydroxyl groups is 1. The summed E-state index contributed by atoms with van der Waals surface area (Å²) in [6.45, 7) is 6.13. The van der Waals surface area contributed by atoms with E-state index in [0.717, 1.165) is 25.8 Å². The summed E-state index contributed by atoms with van der Waals surface area (Å²) >= 11 is 0. The highest BCUT2D eigenvalue weighted by Gasteiger charge is 2.29. The van der Waals surface area contributed by atoms with Gasteiger partial charge in [-0.05, 0) is 39.0 Å². The lowest BCUT2D eigenvalue weighted by atomic mass is 9.96. The second-order valence-corrected chi connectivity index (χ2v) is 4.90. The number of amides is 1. The minimum atomic E-state index is -0.484. The Hall–Kier alpha value is -0.870. The summed E-state index contributed by atoms with van der Waals surface area (Å²) < 4.78 is 0. The van der Waals surface area contributed by atoms with Gasteiger partial charge >= 0.3 is 0 Å². The molecule has 0 aromatic heterocycles. The van der Waals surface area contributed by atoms with Crippen molar-refractivity contribution >= 4 is 5.91 Å². The number of nitrogens with two attached hydrogens (primary N) is 1. The molecule has 0 bridgehead atoms. The SMILES string of the molecule is C=CCC(N)C(=O)N1CCCCC1CC(C)O. The molecule has 1 amide bonds. The fourth-order valence-corrected chi connectivity index (χ4v) is 2.42. The predicted octanol–water partition coefficient (Wildman–Crippen LogP) is 1.04. The van der Waals surface area contributed by atoms with Crippen LogP contribution in [0.1, 0.15) is 39.0 Å². The van der Waals surface area contributed by atoms with Gasteiger partial charge in [0.25, 0.3) is 0 Å². The van der Waals surface area contributed by atoms with Gasteiger partial charge in [0.15, 0.2) is 0 Å². The van der Waals surface area contributed by atoms with Crippen LogP contribution in [0.3, 0.4) is 0 Å². The van der Waals surface area contributed by atoms with E-state index >= 15 is 0 Å². The van der Waals surface area contributed by atoms with Crippen LogP contribution in [0.15, 0.2) is 12.7 Å². The Kier molecular flexibility index (Phi) is 5.65. The molecule has 1 saturated heterocycles. The maximum Gasteiger partial charge on any atom is 0.240 e. The average Bonchev–Trinajstić information content (AvgIpc) is 2.28. The molecule has 3 atom stereocenters. The van der Waals surface area contributed by atoms with E-state index < -0.39 is 6.04 Å². The molecule has 98 valence electrons. The van der Waals surface area contributed by atoms with E-state index in [0.29, 0.717) is 12.8 Å². The highest BCUT2D eigenvalue weighted by atomic mass is 16.3. The number of nitrogens with zero attached hydrogens (tertiary/aromatic N) is 1. The van der Waals surface area contributed by atoms with Gasteiger partial charge in [0.2, 0.25) is 5.91 Å². The van der Waals surface area contributed by atoms with Crippen LogP contribution < -0.4 is 5.73 Å². The van der Waals surface area contributed by atoms with Crippen LogP contribution in [-0.4, -0.2) is 40.6 Å². The summed E-state index contributed by atoms with van der Waals surface area (Å²) in [5.41, 5.74) is 5.83. The van der Waals surface area contributed by atoms with Crippen molar-refractivity contribution in [3.63, 3.8) is 0 Å². The molecule has 3 N–H and O–H groups in total. The molecule has 1 aliphatic heterocycles. The van der Waals surface area contributed by atoms with Gasteiger partial charge in [0.05, 0.1) is 12.1 Å². The second-order valence-electron chi connectivity index (χ2n) is 4.90. The monoisotopic (exact) mass is 240 g/mol. The van der Waals surface area contributed by atoms with Crippen molar-refractivity contribution in [1.82, 2.24) is 4.90 Å². The van der Waals surface area contributed by atoms with Crippen molar-refractivity contribution in [2.45, 2.75) is 57.2 Å². The molecule has 1 fully saturated rings. The van der Waals surface area contributed by atoms with Crippen LogP contribution in [-0.2, 0) is 4.79 Å². The molecule has 0 spiro atoms. The molecule has 17 heavy (non-hydrogen) atoms. The maximum absolute atomic E-state index is 12.2. The predicted molar refractivity (Wildman–Crippen MR) is 68.4 cm³/mol. The van der Waals surface area contributed by atoms with Crippen molar-refractivity contribution in [2.75, 3.05) is 6.54 Å². The summed E-state index contributed by atoms with van der Waals surface area (Å²) in [6, 6.07) is -0.339. The number of likely N-dealkylation sites (tertiary alicyclic amines) is 1. The maximum atomic E-state index is 12.2. The molecule has 1 rings (SSSR count). The molecule has 0 aromatic carbocycles. The first-order chi connectivity index (χ1) is 8.06. The lowest BCUT2D eigenvalue weighted by Crippen LogP contribution is -2.51. The molecule has 0 aromatic rings. The number of hydrogen-bond acceptors (Lipinski definition) is 3. The topological polar surface area (TPSA) is 66.6 Å². The third kappa shape index (κ3) is 4.13. The number of carbonyl (C=O) groups is 1. The molecule has 0 aliphatic carbocycles. The van der Waals surface area contributed by atoms with Gasteiger partial charge < -0.3 is 15.7 Å². The highest BCUT2D eigenvalue weighted by molar-refractivity contribution is 5.82. The molecular formula is C13H24N2O2. The zero-order chi connectivity index (χ0) is 12.8. The Morgan fingerprint density at radius 3 is 2.94 bits per heavy atom. The van der Waals surface area contributed by atoms with Crippen molar-refractivity contribution in [3.8, 4) is 0 Å². The van der Waals surface area contributed by atoms with Crippen molar-refractivity contribution < 1.29 is 9.90 Å². The minimum absolute atomic E-state index is 0.00440. The van der Waals surface area contributed by atoms with E-state index in [1.54, 1.807) is 13.0 Å². The van der Waals surface area contributed by atoms with Gasteiger partial charge in [0, 0.05) is 12.6 Å². The second kappa shape index (κ2) is 6.77. The normalized spacial score (nSPS) is 24.2. The molecular weight excluding hydrogens is 216 g/mol. The van der Waals surface area contributed by atoms with E-state index in [1.807, 2.05) is 4.90 Å². The van der Waals surface area contributed by atoms with Crippen molar-refractivity contribution in [1.29, 1.82) is 0 Å². The minimum Gasteiger partial charge on any atom is -0.393 e. The molecule has 1 heterocycles. The molecule has 3 unspecified atom stereocenters. The lowest BCUT2D eigenvalue weighted by molar-refractivity contribution is -0.136. The Bertz CT molecular complexity index is 266. The summed E-state index contributed by atoms with van der Waals surface area (Å²) in [6.07, 6.45) is 5.58. The van der Waals surface area contributed by atoms with Gasteiger partial charge in [0.1, 0.15) is 0 Å². The molecule has 0 saturated carbocycles. The number of rotatable bonds is 5. The van der Waals surface area contributed by atoms with Crippen LogP contribution in [0.2, 0.25) is 0 Å². The van der Waals surface area contributed by atoms with E-state index in [4.69, 9.17) is 5.73 Å². The van der Waals surface area contributed by atoms with Crippen molar-refractivity contribution in [2.24, 2.45) is 5.73 Å². The smallest absolute Gasteiger partial charge is 0.240 e. The average molecular weight is 240 g/mol. The summed E-state index contributed by atoms with van der Waals surface area (Å²) in [7, 11) is 0. The number of carbonyl (C=O) groups excluding carboxylic acids is 1. The summed E-state index contributed by atoms with van der Waals surface area (Å²) in [5, 5.41) is 9.46. The van der Waals surface area contributed by atoms with Crippen LogP contribution in [0.5, 0.6) is 0 Å². The van der Waals surface area contributed by atoms with Gasteiger partial charge in [-0.2, -0.15) is 0 Å². The third-order valence-electron chi connectivity index (χ3n) is 3.26. The largest absolute Gasteiger partial charge is 0.393 e. The van der Waals surface area contributed by atoms with Gasteiger partial charge in [-0.25, -0.2) is 0 Å². The fourth-order valence-electron chi connectivity index (χ4n) is 2.42. The lowest BCUT2D eigenvalue weighted by Gasteiger charge is -2.37. The van der Waals surface area contributed by atoms with Crippen LogP contribution in [0.4, 0.5) is 0 Å². The van der Waals surface area contributed by atoms with Gasteiger partial charge in [-0.3, -0.25) is 4.79 Å². The van der Waals surface area contributed by atoms with E-state index in [9.17, 15) is 9.90 Å². The van der Waals surface area contributed by atoms with Crippen LogP contribution in [0, 0.1) is 0 Å². The zero-order valence-electron chi connectivity index (χ0n) is 10.6. The quantitative estimate of drug-likeness (QED) is 0.706.